The lowest BCUT2D eigenvalue weighted by atomic mass is 9.82. The quantitative estimate of drug-likeness (QED) is 0.393. The van der Waals surface area contributed by atoms with Gasteiger partial charge in [-0.3, -0.25) is 9.59 Å². The number of hydrogen-bond donors (Lipinski definition) is 1. The fourth-order valence-electron chi connectivity index (χ4n) is 3.42. The van der Waals surface area contributed by atoms with Gasteiger partial charge < -0.3 is 10.2 Å². The number of amides is 1. The number of benzene rings is 3. The third-order valence-corrected chi connectivity index (χ3v) is 4.94. The molecule has 6 nitrogen and oxygen atoms in total. The molecule has 148 valence electrons. The van der Waals surface area contributed by atoms with Crippen LogP contribution in [-0.4, -0.2) is 23.4 Å². The Morgan fingerprint density at radius 3 is 2.03 bits per heavy atom. The lowest BCUT2D eigenvalue weighted by molar-refractivity contribution is -0.147. The zero-order valence-electron chi connectivity index (χ0n) is 15.9. The maximum absolute atomic E-state index is 12.9. The molecule has 0 radical (unpaired) electrons. The normalized spacial score (nSPS) is 17.7. The van der Waals surface area contributed by atoms with Crippen LogP contribution in [0.15, 0.2) is 96.2 Å². The summed E-state index contributed by atoms with van der Waals surface area (Å²) in [7, 11) is 0. The van der Waals surface area contributed by atoms with Gasteiger partial charge in [-0.25, -0.2) is 4.79 Å². The van der Waals surface area contributed by atoms with Crippen LogP contribution in [0.4, 0.5) is 0 Å². The van der Waals surface area contributed by atoms with Crippen molar-refractivity contribution >= 4 is 23.4 Å². The molecule has 0 saturated carbocycles. The van der Waals surface area contributed by atoms with E-state index in [2.05, 4.69) is 10.5 Å². The third-order valence-electron chi connectivity index (χ3n) is 4.94. The second kappa shape index (κ2) is 8.13. The molecule has 0 spiro atoms. The van der Waals surface area contributed by atoms with E-state index < -0.39 is 23.2 Å². The van der Waals surface area contributed by atoms with E-state index in [1.165, 1.54) is 0 Å². The lowest BCUT2D eigenvalue weighted by Gasteiger charge is -2.28. The highest BCUT2D eigenvalue weighted by molar-refractivity contribution is 6.44. The standard InChI is InChI=1S/C24H18N2O4/c27-21(18-12-6-2-7-13-18)22(28)25-24(19-14-8-3-9-15-19)20(26-30-23(24)29)16-17-10-4-1-5-11-17/h1-15H,16H2,(H,25,28). The summed E-state index contributed by atoms with van der Waals surface area (Å²) < 4.78 is 0. The zero-order valence-corrected chi connectivity index (χ0v) is 15.9. The van der Waals surface area contributed by atoms with Crippen LogP contribution in [0, 0.1) is 0 Å². The number of Topliss-reactive ketones (excluding diaryl/α,β-unsaturated/α-hetero) is 1. The lowest BCUT2D eigenvalue weighted by Crippen LogP contribution is -2.57. The van der Waals surface area contributed by atoms with Crippen molar-refractivity contribution in [3.63, 3.8) is 0 Å². The summed E-state index contributed by atoms with van der Waals surface area (Å²) in [5.41, 5.74) is 0.207. The van der Waals surface area contributed by atoms with Crippen LogP contribution < -0.4 is 5.32 Å². The minimum absolute atomic E-state index is 0.228. The van der Waals surface area contributed by atoms with E-state index in [1.54, 1.807) is 60.7 Å². The first-order valence-corrected chi connectivity index (χ1v) is 9.41. The molecule has 1 amide bonds. The molecule has 0 saturated heterocycles. The Morgan fingerprint density at radius 2 is 1.40 bits per heavy atom. The molecule has 1 aliphatic heterocycles. The molecule has 1 atom stereocenters. The van der Waals surface area contributed by atoms with Crippen molar-refractivity contribution in [3.8, 4) is 0 Å². The first-order chi connectivity index (χ1) is 14.6. The fraction of sp³-hybridized carbons (Fsp3) is 0.0833. The van der Waals surface area contributed by atoms with E-state index in [0.29, 0.717) is 11.3 Å². The molecule has 1 N–H and O–H groups in total. The van der Waals surface area contributed by atoms with E-state index >= 15 is 0 Å². The summed E-state index contributed by atoms with van der Waals surface area (Å²) >= 11 is 0. The maximum Gasteiger partial charge on any atom is 0.370 e. The highest BCUT2D eigenvalue weighted by atomic mass is 16.7. The summed E-state index contributed by atoms with van der Waals surface area (Å²) in [6.45, 7) is 0. The minimum atomic E-state index is -1.68. The fourth-order valence-corrected chi connectivity index (χ4v) is 3.42. The largest absolute Gasteiger partial charge is 0.370 e. The van der Waals surface area contributed by atoms with Gasteiger partial charge >= 0.3 is 5.97 Å². The average molecular weight is 398 g/mol. The van der Waals surface area contributed by atoms with E-state index in [9.17, 15) is 14.4 Å². The number of rotatable bonds is 6. The Bertz CT molecular complexity index is 1110. The predicted octanol–water partition coefficient (Wildman–Crippen LogP) is 3.04. The molecule has 6 heteroatoms. The summed E-state index contributed by atoms with van der Waals surface area (Å²) in [5, 5.41) is 6.60. The van der Waals surface area contributed by atoms with Crippen molar-refractivity contribution in [1.82, 2.24) is 5.32 Å². The van der Waals surface area contributed by atoms with Crippen LogP contribution in [0.3, 0.4) is 0 Å². The molecular weight excluding hydrogens is 380 g/mol. The van der Waals surface area contributed by atoms with Crippen molar-refractivity contribution in [2.75, 3.05) is 0 Å². The van der Waals surface area contributed by atoms with Crippen LogP contribution in [-0.2, 0) is 26.4 Å². The van der Waals surface area contributed by atoms with Crippen LogP contribution >= 0.6 is 0 Å². The minimum Gasteiger partial charge on any atom is -0.325 e. The number of oxime groups is 1. The molecule has 4 rings (SSSR count). The van der Waals surface area contributed by atoms with Crippen LogP contribution in [0.1, 0.15) is 21.5 Å². The Balaban J connectivity index is 1.73. The smallest absolute Gasteiger partial charge is 0.325 e. The highest BCUT2D eigenvalue weighted by Gasteiger charge is 2.53. The summed E-state index contributed by atoms with van der Waals surface area (Å²) in [5.74, 6) is -2.41. The Labute approximate surface area is 173 Å². The van der Waals surface area contributed by atoms with Crippen LogP contribution in [0.5, 0.6) is 0 Å². The second-order valence-electron chi connectivity index (χ2n) is 6.84. The maximum atomic E-state index is 12.9. The number of nitrogens with zero attached hydrogens (tertiary/aromatic N) is 1. The molecular formula is C24H18N2O4. The van der Waals surface area contributed by atoms with Crippen LogP contribution in [0.25, 0.3) is 0 Å². The predicted molar refractivity (Wildman–Crippen MR) is 111 cm³/mol. The zero-order chi connectivity index (χ0) is 21.0. The van der Waals surface area contributed by atoms with Crippen molar-refractivity contribution < 1.29 is 19.2 Å². The molecule has 1 unspecified atom stereocenters. The molecule has 3 aromatic rings. The SMILES string of the molecule is O=C(NC1(c2ccccc2)C(=O)ON=C1Cc1ccccc1)C(=O)c1ccccc1. The first-order valence-electron chi connectivity index (χ1n) is 9.41. The first kappa shape index (κ1) is 19.3. The number of carbonyl (C=O) groups is 3. The van der Waals surface area contributed by atoms with E-state index in [1.807, 2.05) is 30.3 Å². The average Bonchev–Trinajstić information content (AvgIpc) is 3.11. The third kappa shape index (κ3) is 3.51. The molecule has 1 heterocycles. The van der Waals surface area contributed by atoms with Gasteiger partial charge in [-0.05, 0) is 11.1 Å². The summed E-state index contributed by atoms with van der Waals surface area (Å²) in [6, 6.07) is 26.2. The van der Waals surface area contributed by atoms with Gasteiger partial charge in [0.25, 0.3) is 5.91 Å². The van der Waals surface area contributed by atoms with E-state index in [-0.39, 0.29) is 12.0 Å². The van der Waals surface area contributed by atoms with Crippen molar-refractivity contribution in [2.24, 2.45) is 5.16 Å². The van der Waals surface area contributed by atoms with Crippen molar-refractivity contribution in [1.29, 1.82) is 0 Å². The number of ketones is 1. The Hall–Kier alpha value is -4.06. The van der Waals surface area contributed by atoms with Gasteiger partial charge in [-0.2, -0.15) is 0 Å². The van der Waals surface area contributed by atoms with E-state index in [4.69, 9.17) is 4.84 Å². The Morgan fingerprint density at radius 1 is 0.833 bits per heavy atom. The van der Waals surface area contributed by atoms with Gasteiger partial charge in [0.05, 0.1) is 0 Å². The number of nitrogens with one attached hydrogen (secondary N) is 1. The van der Waals surface area contributed by atoms with Gasteiger partial charge in [-0.15, -0.1) is 0 Å². The van der Waals surface area contributed by atoms with E-state index in [0.717, 1.165) is 5.56 Å². The molecule has 0 aromatic heterocycles. The molecule has 0 bridgehead atoms. The van der Waals surface area contributed by atoms with Gasteiger partial charge in [0, 0.05) is 12.0 Å². The molecule has 0 aliphatic carbocycles. The summed E-state index contributed by atoms with van der Waals surface area (Å²) in [4.78, 5) is 43.5. The van der Waals surface area contributed by atoms with Gasteiger partial charge in [0.1, 0.15) is 5.71 Å². The monoisotopic (exact) mass is 398 g/mol. The highest BCUT2D eigenvalue weighted by Crippen LogP contribution is 2.31. The van der Waals surface area contributed by atoms with Gasteiger partial charge in [-0.1, -0.05) is 96.2 Å². The van der Waals surface area contributed by atoms with Crippen LogP contribution in [0.2, 0.25) is 0 Å². The second-order valence-corrected chi connectivity index (χ2v) is 6.84. The van der Waals surface area contributed by atoms with Gasteiger partial charge in [0.15, 0.2) is 0 Å². The number of carbonyl (C=O) groups excluding carboxylic acids is 3. The molecule has 30 heavy (non-hydrogen) atoms. The van der Waals surface area contributed by atoms with Crippen molar-refractivity contribution in [3.05, 3.63) is 108 Å². The molecule has 1 aliphatic rings. The van der Waals surface area contributed by atoms with Gasteiger partial charge in [0.2, 0.25) is 11.3 Å². The summed E-state index contributed by atoms with van der Waals surface area (Å²) in [6.07, 6.45) is 0.265. The van der Waals surface area contributed by atoms with Crippen molar-refractivity contribution in [2.45, 2.75) is 12.0 Å². The molecule has 3 aromatic carbocycles. The molecule has 0 fully saturated rings. The topological polar surface area (TPSA) is 84.8 Å². The number of hydrogen-bond acceptors (Lipinski definition) is 5. The Kier molecular flexibility index (Phi) is 5.22.